The van der Waals surface area contributed by atoms with Crippen molar-refractivity contribution >= 4 is 23.3 Å². The molecule has 6 nitrogen and oxygen atoms in total. The van der Waals surface area contributed by atoms with Crippen LogP contribution in [0.4, 0.5) is 5.82 Å². The SMILES string of the molecule is CC1(C)c2cc(-c3cccc(-c4nc5c(o4)CCC=N5)c3)ccc2-c2ccc(-c3cccc(-c4nc5ncccc5o4)c3)cc21. The van der Waals surface area contributed by atoms with Crippen molar-refractivity contribution in [3.05, 3.63) is 120 Å². The second-order valence-electron chi connectivity index (χ2n) is 12.3. The quantitative estimate of drug-likeness (QED) is 0.206. The van der Waals surface area contributed by atoms with Crippen LogP contribution in [-0.2, 0) is 11.8 Å². The lowest BCUT2D eigenvalue weighted by atomic mass is 9.80. The molecule has 1 aliphatic carbocycles. The predicted octanol–water partition coefficient (Wildman–Crippen LogP) is 9.83. The lowest BCUT2D eigenvalue weighted by Gasteiger charge is -2.22. The second-order valence-corrected chi connectivity index (χ2v) is 12.3. The summed E-state index contributed by atoms with van der Waals surface area (Å²) in [6.07, 6.45) is 5.37. The van der Waals surface area contributed by atoms with E-state index in [1.165, 1.54) is 27.8 Å². The smallest absolute Gasteiger partial charge is 0.228 e. The summed E-state index contributed by atoms with van der Waals surface area (Å²) in [5.74, 6) is 2.77. The van der Waals surface area contributed by atoms with Gasteiger partial charge in [-0.05, 0) is 99.5 Å². The lowest BCUT2D eigenvalue weighted by Crippen LogP contribution is -2.15. The highest BCUT2D eigenvalue weighted by Gasteiger charge is 2.36. The first-order valence-electron chi connectivity index (χ1n) is 15.3. The minimum absolute atomic E-state index is 0.169. The number of pyridine rings is 1. The number of hydrogen-bond donors (Lipinski definition) is 0. The molecule has 0 spiro atoms. The second kappa shape index (κ2) is 9.69. The molecule has 7 aromatic rings. The maximum absolute atomic E-state index is 6.09. The first-order chi connectivity index (χ1) is 22.0. The molecule has 0 amide bonds. The molecular weight excluding hydrogens is 556 g/mol. The maximum Gasteiger partial charge on any atom is 0.228 e. The minimum Gasteiger partial charge on any atom is -0.439 e. The van der Waals surface area contributed by atoms with E-state index >= 15 is 0 Å². The molecule has 216 valence electrons. The van der Waals surface area contributed by atoms with Crippen LogP contribution in [0.1, 0.15) is 37.2 Å². The lowest BCUT2D eigenvalue weighted by molar-refractivity contribution is 0.520. The molecular formula is C39H28N4O2. The molecule has 2 aliphatic rings. The molecule has 0 saturated heterocycles. The predicted molar refractivity (Wildman–Crippen MR) is 178 cm³/mol. The average molecular weight is 585 g/mol. The zero-order valence-electron chi connectivity index (χ0n) is 24.9. The Bertz CT molecular complexity index is 2290. The number of aliphatic imine (C=N–C) groups is 1. The Labute approximate surface area is 260 Å². The summed E-state index contributed by atoms with van der Waals surface area (Å²) >= 11 is 0. The summed E-state index contributed by atoms with van der Waals surface area (Å²) in [7, 11) is 0. The number of hydrogen-bond acceptors (Lipinski definition) is 6. The fourth-order valence-corrected chi connectivity index (χ4v) is 6.73. The Kier molecular flexibility index (Phi) is 5.57. The van der Waals surface area contributed by atoms with Crippen LogP contribution in [0.5, 0.6) is 0 Å². The number of benzene rings is 4. The van der Waals surface area contributed by atoms with Crippen LogP contribution < -0.4 is 0 Å². The third-order valence-corrected chi connectivity index (χ3v) is 9.12. The first kappa shape index (κ1) is 25.8. The molecule has 4 aromatic carbocycles. The Morgan fingerprint density at radius 2 is 1.24 bits per heavy atom. The monoisotopic (exact) mass is 584 g/mol. The molecule has 45 heavy (non-hydrogen) atoms. The Morgan fingerprint density at radius 1 is 0.622 bits per heavy atom. The van der Waals surface area contributed by atoms with Crippen LogP contribution in [0, 0.1) is 0 Å². The van der Waals surface area contributed by atoms with Gasteiger partial charge in [-0.2, -0.15) is 9.97 Å². The molecule has 9 rings (SSSR count). The molecule has 6 heteroatoms. The number of fused-ring (bicyclic) bond motifs is 5. The van der Waals surface area contributed by atoms with Crippen molar-refractivity contribution in [2.45, 2.75) is 32.1 Å². The molecule has 0 bridgehead atoms. The van der Waals surface area contributed by atoms with Crippen molar-refractivity contribution in [1.29, 1.82) is 0 Å². The standard InChI is InChI=1S/C39H28N4O2/c1-39(2)31-21-25(23-7-3-9-27(19-23)37-42-35-33(44-37)11-5-17-40-35)13-15-29(31)30-16-14-26(22-32(30)39)24-8-4-10-28(20-24)38-43-36-34(45-38)12-6-18-41-36/h3-5,7-11,13-22H,6,12H2,1-2H3. The Hall–Kier alpha value is -5.62. The van der Waals surface area contributed by atoms with E-state index < -0.39 is 0 Å². The van der Waals surface area contributed by atoms with Crippen molar-refractivity contribution < 1.29 is 8.83 Å². The Morgan fingerprint density at radius 3 is 1.89 bits per heavy atom. The van der Waals surface area contributed by atoms with Crippen LogP contribution in [-0.4, -0.2) is 21.2 Å². The zero-order valence-corrected chi connectivity index (χ0v) is 24.9. The minimum atomic E-state index is -0.169. The molecule has 1 aliphatic heterocycles. The molecule has 0 atom stereocenters. The van der Waals surface area contributed by atoms with E-state index in [1.807, 2.05) is 24.4 Å². The van der Waals surface area contributed by atoms with Gasteiger partial charge in [-0.3, -0.25) is 0 Å². The topological polar surface area (TPSA) is 77.3 Å². The fourth-order valence-electron chi connectivity index (χ4n) is 6.73. The highest BCUT2D eigenvalue weighted by molar-refractivity contribution is 5.86. The van der Waals surface area contributed by atoms with Gasteiger partial charge >= 0.3 is 0 Å². The molecule has 4 heterocycles. The van der Waals surface area contributed by atoms with Crippen molar-refractivity contribution in [1.82, 2.24) is 15.0 Å². The van der Waals surface area contributed by atoms with Crippen molar-refractivity contribution in [2.24, 2.45) is 4.99 Å². The van der Waals surface area contributed by atoms with E-state index in [0.717, 1.165) is 46.4 Å². The van der Waals surface area contributed by atoms with Crippen LogP contribution in [0.25, 0.3) is 67.5 Å². The highest BCUT2D eigenvalue weighted by Crippen LogP contribution is 2.51. The van der Waals surface area contributed by atoms with Gasteiger partial charge in [0.25, 0.3) is 0 Å². The van der Waals surface area contributed by atoms with Crippen LogP contribution in [0.2, 0.25) is 0 Å². The van der Waals surface area contributed by atoms with Crippen LogP contribution in [0.3, 0.4) is 0 Å². The van der Waals surface area contributed by atoms with Crippen LogP contribution in [0.15, 0.2) is 117 Å². The molecule has 3 aromatic heterocycles. The molecule has 0 unspecified atom stereocenters. The summed E-state index contributed by atoms with van der Waals surface area (Å²) in [4.78, 5) is 18.0. The number of rotatable bonds is 4. The summed E-state index contributed by atoms with van der Waals surface area (Å²) < 4.78 is 12.1. The van der Waals surface area contributed by atoms with Gasteiger partial charge in [0.2, 0.25) is 11.8 Å². The van der Waals surface area contributed by atoms with Gasteiger partial charge in [-0.1, -0.05) is 62.4 Å². The molecule has 0 radical (unpaired) electrons. The fraction of sp³-hybridized carbons (Fsp3) is 0.128. The molecule has 0 saturated carbocycles. The third-order valence-electron chi connectivity index (χ3n) is 9.12. The summed E-state index contributed by atoms with van der Waals surface area (Å²) in [6.45, 7) is 4.64. The van der Waals surface area contributed by atoms with Gasteiger partial charge in [0.15, 0.2) is 22.8 Å². The van der Waals surface area contributed by atoms with Gasteiger partial charge in [-0.25, -0.2) is 9.98 Å². The normalized spacial score (nSPS) is 14.4. The largest absolute Gasteiger partial charge is 0.439 e. The third kappa shape index (κ3) is 4.17. The summed E-state index contributed by atoms with van der Waals surface area (Å²) in [5.41, 5.74) is 12.8. The summed E-state index contributed by atoms with van der Waals surface area (Å²) in [5, 5.41) is 0. The number of aryl methyl sites for hydroxylation is 1. The first-order valence-corrected chi connectivity index (χ1v) is 15.3. The van der Waals surface area contributed by atoms with E-state index in [-0.39, 0.29) is 5.41 Å². The van der Waals surface area contributed by atoms with E-state index in [0.29, 0.717) is 28.8 Å². The van der Waals surface area contributed by atoms with Crippen molar-refractivity contribution in [2.75, 3.05) is 0 Å². The Balaban J connectivity index is 1.06. The number of aromatic nitrogens is 3. The van der Waals surface area contributed by atoms with E-state index in [9.17, 15) is 0 Å². The van der Waals surface area contributed by atoms with Crippen LogP contribution >= 0.6 is 0 Å². The van der Waals surface area contributed by atoms with Gasteiger partial charge in [0.1, 0.15) is 0 Å². The maximum atomic E-state index is 6.09. The van der Waals surface area contributed by atoms with Crippen molar-refractivity contribution in [3.8, 4) is 56.3 Å². The number of oxazole rings is 2. The van der Waals surface area contributed by atoms with Gasteiger partial charge in [0, 0.05) is 35.4 Å². The molecule has 0 N–H and O–H groups in total. The van der Waals surface area contributed by atoms with E-state index in [4.69, 9.17) is 8.83 Å². The average Bonchev–Trinajstić information content (AvgIpc) is 3.78. The summed E-state index contributed by atoms with van der Waals surface area (Å²) in [6, 6.07) is 34.2. The zero-order chi connectivity index (χ0) is 30.1. The van der Waals surface area contributed by atoms with Gasteiger partial charge in [0.05, 0.1) is 0 Å². The van der Waals surface area contributed by atoms with Gasteiger partial charge < -0.3 is 8.83 Å². The van der Waals surface area contributed by atoms with Crippen molar-refractivity contribution in [3.63, 3.8) is 0 Å². The van der Waals surface area contributed by atoms with E-state index in [2.05, 4.69) is 113 Å². The number of nitrogens with zero attached hydrogens (tertiary/aromatic N) is 4. The molecule has 0 fully saturated rings. The van der Waals surface area contributed by atoms with Gasteiger partial charge in [-0.15, -0.1) is 0 Å². The highest BCUT2D eigenvalue weighted by atomic mass is 16.4. The van der Waals surface area contributed by atoms with E-state index in [1.54, 1.807) is 6.20 Å².